The largest absolute Gasteiger partial charge is 0.381 e. The van der Waals surface area contributed by atoms with Gasteiger partial charge >= 0.3 is 0 Å². The number of fused-ring (bicyclic) bond motifs is 1. The van der Waals surface area contributed by atoms with E-state index in [2.05, 4.69) is 40.8 Å². The Kier molecular flexibility index (Phi) is 6.04. The molecule has 3 N–H and O–H groups in total. The molecule has 1 unspecified atom stereocenters. The van der Waals surface area contributed by atoms with Crippen LogP contribution in [0.3, 0.4) is 0 Å². The first kappa shape index (κ1) is 20.6. The van der Waals surface area contributed by atoms with Gasteiger partial charge in [0, 0.05) is 16.5 Å². The van der Waals surface area contributed by atoms with Crippen LogP contribution in [-0.2, 0) is 5.60 Å². The van der Waals surface area contributed by atoms with Crippen LogP contribution in [-0.4, -0.2) is 20.3 Å². The van der Waals surface area contributed by atoms with E-state index in [-0.39, 0.29) is 0 Å². The van der Waals surface area contributed by atoms with Gasteiger partial charge in [0.15, 0.2) is 0 Å². The maximum atomic E-state index is 11.4. The summed E-state index contributed by atoms with van der Waals surface area (Å²) in [6, 6.07) is 8.16. The zero-order valence-electron chi connectivity index (χ0n) is 17.6. The molecule has 1 aromatic carbocycles. The smallest absolute Gasteiger partial charge is 0.112 e. The molecule has 3 rings (SSSR count). The SMILES string of the molecule is C=C/C=C\C=C(/C)C(O)(CC)c1ccc2[nH]c(-c3n[nH]c(/C=C\C)c3C)cc2c1. The summed E-state index contributed by atoms with van der Waals surface area (Å²) in [7, 11) is 0. The van der Waals surface area contributed by atoms with Crippen LogP contribution in [0.15, 0.2) is 66.8 Å². The molecule has 4 nitrogen and oxygen atoms in total. The van der Waals surface area contributed by atoms with Gasteiger partial charge in [-0.1, -0.05) is 49.9 Å². The molecule has 29 heavy (non-hydrogen) atoms. The third-order valence-electron chi connectivity index (χ3n) is 5.49. The van der Waals surface area contributed by atoms with E-state index in [9.17, 15) is 5.11 Å². The molecule has 0 saturated carbocycles. The maximum Gasteiger partial charge on any atom is 0.112 e. The number of benzene rings is 1. The van der Waals surface area contributed by atoms with E-state index in [1.807, 2.05) is 63.3 Å². The van der Waals surface area contributed by atoms with Crippen LogP contribution in [0.25, 0.3) is 28.4 Å². The Bertz CT molecular complexity index is 1110. The molecule has 0 fully saturated rings. The lowest BCUT2D eigenvalue weighted by atomic mass is 9.84. The van der Waals surface area contributed by atoms with Crippen molar-refractivity contribution in [2.24, 2.45) is 0 Å². The van der Waals surface area contributed by atoms with E-state index in [1.54, 1.807) is 6.08 Å². The lowest BCUT2D eigenvalue weighted by Crippen LogP contribution is -2.26. The van der Waals surface area contributed by atoms with E-state index in [0.29, 0.717) is 6.42 Å². The van der Waals surface area contributed by atoms with Crippen molar-refractivity contribution in [2.45, 2.75) is 39.7 Å². The van der Waals surface area contributed by atoms with Crippen molar-refractivity contribution in [2.75, 3.05) is 0 Å². The molecule has 3 aromatic rings. The number of nitrogens with one attached hydrogen (secondary N) is 2. The Morgan fingerprint density at radius 2 is 2.07 bits per heavy atom. The van der Waals surface area contributed by atoms with E-state index >= 15 is 0 Å². The van der Waals surface area contributed by atoms with E-state index in [0.717, 1.165) is 44.7 Å². The Labute approximate surface area is 172 Å². The molecule has 2 aromatic heterocycles. The summed E-state index contributed by atoms with van der Waals surface area (Å²) in [5.41, 5.74) is 5.77. The fourth-order valence-electron chi connectivity index (χ4n) is 3.65. The molecule has 0 bridgehead atoms. The quantitative estimate of drug-likeness (QED) is 0.423. The predicted octanol–water partition coefficient (Wildman–Crippen LogP) is 6.19. The molecule has 0 aliphatic heterocycles. The van der Waals surface area contributed by atoms with Crippen molar-refractivity contribution >= 4 is 17.0 Å². The molecule has 150 valence electrons. The summed E-state index contributed by atoms with van der Waals surface area (Å²) in [4.78, 5) is 3.45. The standard InChI is InChI=1S/C25H29N3O/c1-6-9-10-12-17(4)25(29,8-3)20-13-14-22-19(15-20)16-23(26-22)24-18(5)21(11-7-2)27-28-24/h6-7,9-16,26,29H,1,8H2,2-5H3,(H,27,28)/b10-9-,11-7-,17-12+. The number of nitrogens with zero attached hydrogens (tertiary/aromatic N) is 1. The zero-order valence-corrected chi connectivity index (χ0v) is 17.6. The van der Waals surface area contributed by atoms with Gasteiger partial charge in [0.2, 0.25) is 0 Å². The summed E-state index contributed by atoms with van der Waals surface area (Å²) in [6.07, 6.45) is 12.0. The van der Waals surface area contributed by atoms with Gasteiger partial charge in [-0.25, -0.2) is 0 Å². The highest BCUT2D eigenvalue weighted by molar-refractivity contribution is 5.87. The number of hydrogen-bond acceptors (Lipinski definition) is 2. The van der Waals surface area contributed by atoms with Crippen LogP contribution in [0.2, 0.25) is 0 Å². The van der Waals surface area contributed by atoms with Gasteiger partial charge in [-0.3, -0.25) is 5.10 Å². The van der Waals surface area contributed by atoms with Crippen molar-refractivity contribution in [3.8, 4) is 11.4 Å². The number of aromatic nitrogens is 3. The van der Waals surface area contributed by atoms with Gasteiger partial charge in [-0.05, 0) is 62.6 Å². The molecule has 0 aliphatic rings. The minimum Gasteiger partial charge on any atom is -0.381 e. The second-order valence-electron chi connectivity index (χ2n) is 7.28. The van der Waals surface area contributed by atoms with Crippen LogP contribution >= 0.6 is 0 Å². The van der Waals surface area contributed by atoms with Crippen LogP contribution in [0.5, 0.6) is 0 Å². The Morgan fingerprint density at radius 1 is 1.28 bits per heavy atom. The van der Waals surface area contributed by atoms with E-state index in [1.165, 1.54) is 0 Å². The molecule has 0 spiro atoms. The van der Waals surface area contributed by atoms with E-state index in [4.69, 9.17) is 0 Å². The third-order valence-corrected chi connectivity index (χ3v) is 5.49. The molecule has 0 aliphatic carbocycles. The Hall–Kier alpha value is -3.11. The first-order valence-electron chi connectivity index (χ1n) is 9.94. The predicted molar refractivity (Wildman–Crippen MR) is 123 cm³/mol. The monoisotopic (exact) mass is 387 g/mol. The minimum atomic E-state index is -1.02. The number of H-pyrrole nitrogens is 2. The fraction of sp³-hybridized carbons (Fsp3) is 0.240. The summed E-state index contributed by atoms with van der Waals surface area (Å²) in [5, 5.41) is 20.0. The van der Waals surface area contributed by atoms with Crippen LogP contribution in [0.1, 0.15) is 44.0 Å². The van der Waals surface area contributed by atoms with Gasteiger partial charge in [-0.2, -0.15) is 5.10 Å². The second-order valence-corrected chi connectivity index (χ2v) is 7.28. The van der Waals surface area contributed by atoms with Crippen molar-refractivity contribution < 1.29 is 5.11 Å². The van der Waals surface area contributed by atoms with Crippen molar-refractivity contribution in [1.29, 1.82) is 0 Å². The molecule has 0 saturated heterocycles. The third kappa shape index (κ3) is 3.89. The molecule has 0 amide bonds. The van der Waals surface area contributed by atoms with Gasteiger partial charge < -0.3 is 10.1 Å². The summed E-state index contributed by atoms with van der Waals surface area (Å²) >= 11 is 0. The summed E-state index contributed by atoms with van der Waals surface area (Å²) in [5.74, 6) is 0. The Balaban J connectivity index is 2.03. The molecule has 0 radical (unpaired) electrons. The van der Waals surface area contributed by atoms with Gasteiger partial charge in [0.25, 0.3) is 0 Å². The van der Waals surface area contributed by atoms with Gasteiger partial charge in [0.05, 0.1) is 11.4 Å². The van der Waals surface area contributed by atoms with E-state index < -0.39 is 5.60 Å². The van der Waals surface area contributed by atoms with Crippen LogP contribution < -0.4 is 0 Å². The van der Waals surface area contributed by atoms with Crippen molar-refractivity contribution in [3.05, 3.63) is 83.6 Å². The normalized spacial score (nSPS) is 14.9. The number of aromatic amines is 2. The zero-order chi connectivity index (χ0) is 21.0. The molecule has 1 atom stereocenters. The fourth-order valence-corrected chi connectivity index (χ4v) is 3.65. The first-order valence-corrected chi connectivity index (χ1v) is 9.94. The van der Waals surface area contributed by atoms with Crippen LogP contribution in [0.4, 0.5) is 0 Å². The number of rotatable bonds is 7. The van der Waals surface area contributed by atoms with Gasteiger partial charge in [0.1, 0.15) is 11.3 Å². The summed E-state index contributed by atoms with van der Waals surface area (Å²) < 4.78 is 0. The second kappa shape index (κ2) is 8.50. The highest BCUT2D eigenvalue weighted by Crippen LogP contribution is 2.35. The Morgan fingerprint density at radius 3 is 2.76 bits per heavy atom. The number of aliphatic hydroxyl groups is 1. The average Bonchev–Trinajstić information content (AvgIpc) is 3.30. The molecule has 2 heterocycles. The molecule has 4 heteroatoms. The van der Waals surface area contributed by atoms with Crippen molar-refractivity contribution in [1.82, 2.24) is 15.2 Å². The minimum absolute atomic E-state index is 0.589. The first-order chi connectivity index (χ1) is 13.9. The maximum absolute atomic E-state index is 11.4. The lowest BCUT2D eigenvalue weighted by molar-refractivity contribution is 0.0721. The highest BCUT2D eigenvalue weighted by atomic mass is 16.3. The van der Waals surface area contributed by atoms with Gasteiger partial charge in [-0.15, -0.1) is 0 Å². The highest BCUT2D eigenvalue weighted by Gasteiger charge is 2.29. The molecular weight excluding hydrogens is 358 g/mol. The summed E-state index contributed by atoms with van der Waals surface area (Å²) in [6.45, 7) is 11.7. The lowest BCUT2D eigenvalue weighted by Gasteiger charge is -2.28. The van der Waals surface area contributed by atoms with Crippen molar-refractivity contribution in [3.63, 3.8) is 0 Å². The average molecular weight is 388 g/mol. The van der Waals surface area contributed by atoms with Crippen LogP contribution in [0, 0.1) is 6.92 Å². The number of hydrogen-bond donors (Lipinski definition) is 3. The topological polar surface area (TPSA) is 64.7 Å². The number of allylic oxidation sites excluding steroid dienone is 5. The molecular formula is C25H29N3O.